The third kappa shape index (κ3) is 1.87. The Morgan fingerprint density at radius 1 is 1.40 bits per heavy atom. The van der Waals surface area contributed by atoms with Crippen LogP contribution in [0.25, 0.3) is 0 Å². The maximum absolute atomic E-state index is 10.2. The number of hydrogen-bond donors (Lipinski definition) is 1. The van der Waals surface area contributed by atoms with E-state index in [4.69, 9.17) is 0 Å². The molecule has 1 N–H and O–H groups in total. The normalized spacial score (nSPS) is 45.9. The molecule has 2 unspecified atom stereocenters. The van der Waals surface area contributed by atoms with Crippen molar-refractivity contribution < 1.29 is 5.11 Å². The van der Waals surface area contributed by atoms with Crippen LogP contribution in [0, 0.1) is 23.7 Å². The molecule has 0 aromatic rings. The van der Waals surface area contributed by atoms with E-state index in [1.54, 1.807) is 5.57 Å². The molecule has 1 fully saturated rings. The lowest BCUT2D eigenvalue weighted by molar-refractivity contribution is 0.0325. The first-order chi connectivity index (χ1) is 7.15. The fraction of sp³-hybridized carbons (Fsp3) is 0.857. The molecule has 15 heavy (non-hydrogen) atoms. The summed E-state index contributed by atoms with van der Waals surface area (Å²) in [6.07, 6.45) is 6.93. The number of rotatable bonds is 1. The molecule has 5 atom stereocenters. The monoisotopic (exact) mass is 208 g/mol. The SMILES string of the molecule is CC[C@@H]1C2C(=CCC[C@@H]2O)C(C)C[C@@H]1C. The van der Waals surface area contributed by atoms with Crippen molar-refractivity contribution >= 4 is 0 Å². The average molecular weight is 208 g/mol. The summed E-state index contributed by atoms with van der Waals surface area (Å²) >= 11 is 0. The highest BCUT2D eigenvalue weighted by Gasteiger charge is 2.41. The number of hydrogen-bond acceptors (Lipinski definition) is 1. The molecule has 1 saturated carbocycles. The van der Waals surface area contributed by atoms with Gasteiger partial charge in [0.2, 0.25) is 0 Å². The second-order valence-electron chi connectivity index (χ2n) is 5.56. The van der Waals surface area contributed by atoms with Crippen molar-refractivity contribution in [2.75, 3.05) is 0 Å². The molecule has 0 aliphatic heterocycles. The van der Waals surface area contributed by atoms with Crippen LogP contribution in [0.15, 0.2) is 11.6 Å². The minimum atomic E-state index is -0.0693. The predicted octanol–water partition coefficient (Wildman–Crippen LogP) is 3.39. The van der Waals surface area contributed by atoms with Crippen molar-refractivity contribution in [3.05, 3.63) is 11.6 Å². The van der Waals surface area contributed by atoms with Gasteiger partial charge in [0.15, 0.2) is 0 Å². The van der Waals surface area contributed by atoms with Crippen LogP contribution in [0.5, 0.6) is 0 Å². The molecule has 86 valence electrons. The summed E-state index contributed by atoms with van der Waals surface area (Å²) in [6.45, 7) is 6.97. The van der Waals surface area contributed by atoms with Crippen LogP contribution in [0.1, 0.15) is 46.5 Å². The maximum atomic E-state index is 10.2. The summed E-state index contributed by atoms with van der Waals surface area (Å²) in [6, 6.07) is 0. The molecule has 0 amide bonds. The molecule has 0 heterocycles. The first-order valence-corrected chi connectivity index (χ1v) is 6.53. The molecule has 0 aromatic heterocycles. The molecule has 2 rings (SSSR count). The second-order valence-corrected chi connectivity index (χ2v) is 5.56. The Kier molecular flexibility index (Phi) is 3.20. The number of fused-ring (bicyclic) bond motifs is 1. The summed E-state index contributed by atoms with van der Waals surface area (Å²) < 4.78 is 0. The Bertz CT molecular complexity index is 256. The molecule has 0 bridgehead atoms. The van der Waals surface area contributed by atoms with Gasteiger partial charge in [-0.05, 0) is 37.0 Å². The second kappa shape index (κ2) is 4.29. The zero-order chi connectivity index (χ0) is 11.0. The van der Waals surface area contributed by atoms with Crippen LogP contribution in [0.3, 0.4) is 0 Å². The third-order valence-corrected chi connectivity index (χ3v) is 4.60. The summed E-state index contributed by atoms with van der Waals surface area (Å²) in [5.74, 6) is 2.66. The highest BCUT2D eigenvalue weighted by Crippen LogP contribution is 2.47. The zero-order valence-electron chi connectivity index (χ0n) is 10.2. The number of aliphatic hydroxyl groups is 1. The van der Waals surface area contributed by atoms with Gasteiger partial charge in [0.05, 0.1) is 6.10 Å². The van der Waals surface area contributed by atoms with E-state index in [2.05, 4.69) is 26.8 Å². The van der Waals surface area contributed by atoms with E-state index < -0.39 is 0 Å². The van der Waals surface area contributed by atoms with Crippen molar-refractivity contribution in [3.8, 4) is 0 Å². The number of aliphatic hydroxyl groups excluding tert-OH is 1. The maximum Gasteiger partial charge on any atom is 0.0611 e. The van der Waals surface area contributed by atoms with Crippen molar-refractivity contribution in [3.63, 3.8) is 0 Å². The topological polar surface area (TPSA) is 20.2 Å². The van der Waals surface area contributed by atoms with E-state index in [-0.39, 0.29) is 6.10 Å². The van der Waals surface area contributed by atoms with Gasteiger partial charge in [-0.25, -0.2) is 0 Å². The third-order valence-electron chi connectivity index (χ3n) is 4.60. The summed E-state index contributed by atoms with van der Waals surface area (Å²) in [5, 5.41) is 10.2. The van der Waals surface area contributed by atoms with E-state index in [1.807, 2.05) is 0 Å². The molecular weight excluding hydrogens is 184 g/mol. The molecule has 2 aliphatic rings. The van der Waals surface area contributed by atoms with Gasteiger partial charge in [0, 0.05) is 5.92 Å². The smallest absolute Gasteiger partial charge is 0.0611 e. The highest BCUT2D eigenvalue weighted by atomic mass is 16.3. The van der Waals surface area contributed by atoms with Crippen molar-refractivity contribution in [1.82, 2.24) is 0 Å². The van der Waals surface area contributed by atoms with Crippen LogP contribution in [0.4, 0.5) is 0 Å². The van der Waals surface area contributed by atoms with Gasteiger partial charge < -0.3 is 5.11 Å². The Morgan fingerprint density at radius 2 is 2.13 bits per heavy atom. The summed E-state index contributed by atoms with van der Waals surface area (Å²) in [7, 11) is 0. The van der Waals surface area contributed by atoms with Gasteiger partial charge in [0.25, 0.3) is 0 Å². The van der Waals surface area contributed by atoms with E-state index in [1.165, 1.54) is 12.8 Å². The van der Waals surface area contributed by atoms with Crippen LogP contribution < -0.4 is 0 Å². The van der Waals surface area contributed by atoms with Crippen molar-refractivity contribution in [2.45, 2.75) is 52.6 Å². The van der Waals surface area contributed by atoms with Crippen LogP contribution >= 0.6 is 0 Å². The van der Waals surface area contributed by atoms with E-state index in [0.717, 1.165) is 18.8 Å². The molecule has 1 nitrogen and oxygen atoms in total. The van der Waals surface area contributed by atoms with Gasteiger partial charge in [-0.15, -0.1) is 0 Å². The van der Waals surface area contributed by atoms with Gasteiger partial charge in [0.1, 0.15) is 0 Å². The Balaban J connectivity index is 2.28. The van der Waals surface area contributed by atoms with Gasteiger partial charge in [-0.1, -0.05) is 38.8 Å². The molecule has 2 aliphatic carbocycles. The Hall–Kier alpha value is -0.300. The van der Waals surface area contributed by atoms with Gasteiger partial charge >= 0.3 is 0 Å². The number of allylic oxidation sites excluding steroid dienone is 1. The quantitative estimate of drug-likeness (QED) is 0.655. The molecular formula is C14H24O. The van der Waals surface area contributed by atoms with E-state index in [9.17, 15) is 5.11 Å². The summed E-state index contributed by atoms with van der Waals surface area (Å²) in [5.41, 5.74) is 1.57. The molecule has 1 heteroatoms. The lowest BCUT2D eigenvalue weighted by Crippen LogP contribution is -2.41. The van der Waals surface area contributed by atoms with Crippen LogP contribution in [0.2, 0.25) is 0 Å². The standard InChI is InChI=1S/C14H24O/c1-4-11-9(2)8-10(3)12-6-5-7-13(15)14(11)12/h6,9-11,13-15H,4-5,7-8H2,1-3H3/t9-,10?,11-,13-,14?/m0/s1. The molecule has 0 aromatic carbocycles. The predicted molar refractivity (Wildman–Crippen MR) is 63.5 cm³/mol. The minimum absolute atomic E-state index is 0.0693. The van der Waals surface area contributed by atoms with Crippen LogP contribution in [-0.2, 0) is 0 Å². The first kappa shape index (κ1) is 11.2. The minimum Gasteiger partial charge on any atom is -0.392 e. The summed E-state index contributed by atoms with van der Waals surface area (Å²) in [4.78, 5) is 0. The molecule has 0 radical (unpaired) electrons. The fourth-order valence-electron chi connectivity index (χ4n) is 3.90. The largest absolute Gasteiger partial charge is 0.392 e. The first-order valence-electron chi connectivity index (χ1n) is 6.53. The Morgan fingerprint density at radius 3 is 2.80 bits per heavy atom. The van der Waals surface area contributed by atoms with Crippen molar-refractivity contribution in [2.24, 2.45) is 23.7 Å². The van der Waals surface area contributed by atoms with Crippen LogP contribution in [-0.4, -0.2) is 11.2 Å². The average Bonchev–Trinajstić information content (AvgIpc) is 2.20. The van der Waals surface area contributed by atoms with E-state index in [0.29, 0.717) is 17.8 Å². The van der Waals surface area contributed by atoms with E-state index >= 15 is 0 Å². The lowest BCUT2D eigenvalue weighted by atomic mass is 9.61. The Labute approximate surface area is 93.6 Å². The van der Waals surface area contributed by atoms with Gasteiger partial charge in [-0.3, -0.25) is 0 Å². The highest BCUT2D eigenvalue weighted by molar-refractivity contribution is 5.19. The fourth-order valence-corrected chi connectivity index (χ4v) is 3.90. The molecule has 0 saturated heterocycles. The zero-order valence-corrected chi connectivity index (χ0v) is 10.2. The lowest BCUT2D eigenvalue weighted by Gasteiger charge is -2.45. The van der Waals surface area contributed by atoms with Gasteiger partial charge in [-0.2, -0.15) is 0 Å². The molecule has 0 spiro atoms. The van der Waals surface area contributed by atoms with Crippen molar-refractivity contribution in [1.29, 1.82) is 0 Å².